The molecule has 0 aromatic carbocycles. The lowest BCUT2D eigenvalue weighted by molar-refractivity contribution is 0.0526. The Hall–Kier alpha value is -2.64. The van der Waals surface area contributed by atoms with Crippen molar-refractivity contribution in [1.29, 1.82) is 0 Å². The molecule has 1 fully saturated rings. The number of amides is 2. The van der Waals surface area contributed by atoms with Crippen LogP contribution in [0.25, 0.3) is 11.0 Å². The van der Waals surface area contributed by atoms with Crippen molar-refractivity contribution in [3.8, 4) is 0 Å². The smallest absolute Gasteiger partial charge is 0.407 e. The Morgan fingerprint density at radius 1 is 1.13 bits per heavy atom. The van der Waals surface area contributed by atoms with E-state index in [9.17, 15) is 9.59 Å². The van der Waals surface area contributed by atoms with Gasteiger partial charge in [0.2, 0.25) is 0 Å². The van der Waals surface area contributed by atoms with Gasteiger partial charge in [-0.15, -0.1) is 0 Å². The number of rotatable bonds is 5. The quantitative estimate of drug-likeness (QED) is 0.727. The van der Waals surface area contributed by atoms with Crippen LogP contribution in [0.2, 0.25) is 0 Å². The number of carbonyl (C=O) groups excluding carboxylic acids is 2. The van der Waals surface area contributed by atoms with E-state index in [1.54, 1.807) is 20.8 Å². The van der Waals surface area contributed by atoms with Crippen LogP contribution in [0.3, 0.4) is 0 Å². The van der Waals surface area contributed by atoms with Crippen molar-refractivity contribution >= 4 is 23.0 Å². The van der Waals surface area contributed by atoms with E-state index >= 15 is 0 Å². The number of pyridine rings is 1. The van der Waals surface area contributed by atoms with E-state index in [2.05, 4.69) is 36.5 Å². The van der Waals surface area contributed by atoms with Gasteiger partial charge in [0.15, 0.2) is 5.65 Å². The van der Waals surface area contributed by atoms with Crippen LogP contribution in [-0.2, 0) is 10.3 Å². The Labute approximate surface area is 177 Å². The van der Waals surface area contributed by atoms with E-state index in [-0.39, 0.29) is 18.0 Å². The lowest BCUT2D eigenvalue weighted by Gasteiger charge is -2.20. The molecule has 0 aliphatic heterocycles. The van der Waals surface area contributed by atoms with Gasteiger partial charge >= 0.3 is 6.09 Å². The van der Waals surface area contributed by atoms with Crippen LogP contribution in [0.1, 0.15) is 82.0 Å². The molecule has 1 aliphatic rings. The zero-order chi connectivity index (χ0) is 22.3. The summed E-state index contributed by atoms with van der Waals surface area (Å²) in [5.41, 5.74) is 2.28. The summed E-state index contributed by atoms with van der Waals surface area (Å²) in [5, 5.41) is 11.0. The fraction of sp³-hybridized carbons (Fsp3) is 0.636. The van der Waals surface area contributed by atoms with Gasteiger partial charge in [-0.1, -0.05) is 0 Å². The molecule has 0 spiro atoms. The molecule has 1 aliphatic carbocycles. The van der Waals surface area contributed by atoms with Crippen LogP contribution in [-0.4, -0.2) is 45.5 Å². The van der Waals surface area contributed by atoms with Crippen LogP contribution in [0, 0.1) is 6.92 Å². The van der Waals surface area contributed by atoms with E-state index < -0.39 is 11.7 Å². The fourth-order valence-electron chi connectivity index (χ4n) is 3.29. The van der Waals surface area contributed by atoms with Gasteiger partial charge in [0.1, 0.15) is 5.60 Å². The van der Waals surface area contributed by atoms with E-state index in [0.29, 0.717) is 18.0 Å². The highest BCUT2D eigenvalue weighted by atomic mass is 16.6. The first kappa shape index (κ1) is 22.1. The van der Waals surface area contributed by atoms with Crippen LogP contribution < -0.4 is 10.6 Å². The molecule has 2 N–H and O–H groups in total. The summed E-state index contributed by atoms with van der Waals surface area (Å²) in [6.07, 6.45) is 1.70. The number of aromatic nitrogens is 3. The first-order valence-corrected chi connectivity index (χ1v) is 10.5. The highest BCUT2D eigenvalue weighted by Crippen LogP contribution is 2.40. The molecule has 2 aromatic rings. The Bertz CT molecular complexity index is 962. The van der Waals surface area contributed by atoms with Crippen LogP contribution in [0.4, 0.5) is 4.79 Å². The van der Waals surface area contributed by atoms with Crippen LogP contribution >= 0.6 is 0 Å². The third-order valence-corrected chi connectivity index (χ3v) is 4.79. The van der Waals surface area contributed by atoms with E-state index in [4.69, 9.17) is 9.72 Å². The third-order valence-electron chi connectivity index (χ3n) is 4.79. The first-order chi connectivity index (χ1) is 13.9. The van der Waals surface area contributed by atoms with Crippen molar-refractivity contribution in [3.63, 3.8) is 0 Å². The van der Waals surface area contributed by atoms with Crippen molar-refractivity contribution in [2.45, 2.75) is 78.4 Å². The molecular weight excluding hydrogens is 382 g/mol. The van der Waals surface area contributed by atoms with Gasteiger partial charge in [0.25, 0.3) is 5.91 Å². The Kier molecular flexibility index (Phi) is 5.80. The summed E-state index contributed by atoms with van der Waals surface area (Å²) < 4.78 is 7.11. The number of aryl methyl sites for hydroxylation is 1. The second-order valence-electron chi connectivity index (χ2n) is 9.92. The minimum Gasteiger partial charge on any atom is -0.444 e. The Morgan fingerprint density at radius 2 is 1.77 bits per heavy atom. The van der Waals surface area contributed by atoms with Gasteiger partial charge in [0.05, 0.1) is 22.2 Å². The van der Waals surface area contributed by atoms with E-state index in [0.717, 1.165) is 35.3 Å². The maximum Gasteiger partial charge on any atom is 0.407 e. The molecule has 164 valence electrons. The normalized spacial score (nSPS) is 14.6. The van der Waals surface area contributed by atoms with Gasteiger partial charge in [-0.3, -0.25) is 4.79 Å². The number of nitrogens with zero attached hydrogens (tertiary/aromatic N) is 3. The lowest BCUT2D eigenvalue weighted by atomic mass is 10.1. The molecule has 2 heterocycles. The average molecular weight is 416 g/mol. The van der Waals surface area contributed by atoms with Gasteiger partial charge in [-0.2, -0.15) is 5.10 Å². The molecule has 0 unspecified atom stereocenters. The van der Waals surface area contributed by atoms with Crippen LogP contribution in [0.15, 0.2) is 6.07 Å². The van der Waals surface area contributed by atoms with E-state index in [1.807, 2.05) is 17.7 Å². The van der Waals surface area contributed by atoms with Gasteiger partial charge in [0, 0.05) is 24.7 Å². The molecule has 3 rings (SSSR count). The standard InChI is InChI=1S/C22H33N5O3/c1-13-17-15(19(28)23-10-11-24-20(29)30-22(5,6)7)12-16(14-8-9-14)25-18(17)27(26-13)21(2,3)4/h12,14H,8-11H2,1-7H3,(H,23,28)(H,24,29). The number of hydrogen-bond acceptors (Lipinski definition) is 5. The molecule has 2 aromatic heterocycles. The fourth-order valence-corrected chi connectivity index (χ4v) is 3.29. The summed E-state index contributed by atoms with van der Waals surface area (Å²) in [6.45, 7) is 14.1. The van der Waals surface area contributed by atoms with Gasteiger partial charge in [-0.05, 0) is 67.4 Å². The maximum absolute atomic E-state index is 13.0. The molecule has 0 bridgehead atoms. The number of hydrogen-bond donors (Lipinski definition) is 2. The SMILES string of the molecule is Cc1nn(C(C)(C)C)c2nc(C3CC3)cc(C(=O)NCCNC(=O)OC(C)(C)C)c12. The summed E-state index contributed by atoms with van der Waals surface area (Å²) in [7, 11) is 0. The first-order valence-electron chi connectivity index (χ1n) is 10.5. The summed E-state index contributed by atoms with van der Waals surface area (Å²) >= 11 is 0. The second-order valence-corrected chi connectivity index (χ2v) is 9.92. The predicted octanol–water partition coefficient (Wildman–Crippen LogP) is 3.63. The molecule has 2 amide bonds. The minimum atomic E-state index is -0.556. The van der Waals surface area contributed by atoms with E-state index in [1.165, 1.54) is 0 Å². The average Bonchev–Trinajstić information content (AvgIpc) is 3.39. The van der Waals surface area contributed by atoms with Crippen molar-refractivity contribution in [2.75, 3.05) is 13.1 Å². The van der Waals surface area contributed by atoms with Gasteiger partial charge in [-0.25, -0.2) is 14.5 Å². The topological polar surface area (TPSA) is 98.1 Å². The predicted molar refractivity (Wildman–Crippen MR) is 116 cm³/mol. The number of alkyl carbamates (subject to hydrolysis) is 1. The minimum absolute atomic E-state index is 0.188. The Morgan fingerprint density at radius 3 is 2.33 bits per heavy atom. The number of ether oxygens (including phenoxy) is 1. The van der Waals surface area contributed by atoms with Crippen molar-refractivity contribution < 1.29 is 14.3 Å². The molecular formula is C22H33N5O3. The largest absolute Gasteiger partial charge is 0.444 e. The molecule has 8 heteroatoms. The van der Waals surface area contributed by atoms with Crippen molar-refractivity contribution in [1.82, 2.24) is 25.4 Å². The molecule has 8 nitrogen and oxygen atoms in total. The van der Waals surface area contributed by atoms with Crippen molar-refractivity contribution in [2.24, 2.45) is 0 Å². The molecule has 1 saturated carbocycles. The highest BCUT2D eigenvalue weighted by Gasteiger charge is 2.30. The zero-order valence-corrected chi connectivity index (χ0v) is 19.0. The maximum atomic E-state index is 13.0. The summed E-state index contributed by atoms with van der Waals surface area (Å²) in [6, 6.07) is 1.90. The second kappa shape index (κ2) is 7.89. The molecule has 0 radical (unpaired) electrons. The number of carbonyl (C=O) groups is 2. The zero-order valence-electron chi connectivity index (χ0n) is 19.0. The van der Waals surface area contributed by atoms with Gasteiger partial charge < -0.3 is 15.4 Å². The van der Waals surface area contributed by atoms with Crippen LogP contribution in [0.5, 0.6) is 0 Å². The lowest BCUT2D eigenvalue weighted by Crippen LogP contribution is -2.38. The monoisotopic (exact) mass is 415 g/mol. The third kappa shape index (κ3) is 5.09. The number of nitrogens with one attached hydrogen (secondary N) is 2. The van der Waals surface area contributed by atoms with Crippen molar-refractivity contribution in [3.05, 3.63) is 23.0 Å². The molecule has 0 atom stereocenters. The summed E-state index contributed by atoms with van der Waals surface area (Å²) in [4.78, 5) is 29.6. The molecule has 30 heavy (non-hydrogen) atoms. The Balaban J connectivity index is 1.78. The number of fused-ring (bicyclic) bond motifs is 1. The summed E-state index contributed by atoms with van der Waals surface area (Å²) in [5.74, 6) is 0.227. The molecule has 0 saturated heterocycles. The highest BCUT2D eigenvalue weighted by molar-refractivity contribution is 6.06.